The Balaban J connectivity index is 1.99. The van der Waals surface area contributed by atoms with E-state index in [1.54, 1.807) is 30.3 Å². The molecule has 0 N–H and O–H groups in total. The van der Waals surface area contributed by atoms with Gasteiger partial charge in [-0.2, -0.15) is 0 Å². The van der Waals surface area contributed by atoms with Gasteiger partial charge >= 0.3 is 17.6 Å². The molecule has 3 aromatic rings. The molecule has 2 aromatic carbocycles. The van der Waals surface area contributed by atoms with Crippen LogP contribution in [0.2, 0.25) is 0 Å². The highest BCUT2D eigenvalue weighted by Gasteiger charge is 2.20. The van der Waals surface area contributed by atoms with E-state index in [1.165, 1.54) is 25.3 Å². The first-order chi connectivity index (χ1) is 12.5. The number of carbonyl (C=O) groups excluding carboxylic acids is 2. The van der Waals surface area contributed by atoms with Gasteiger partial charge in [0.2, 0.25) is 0 Å². The van der Waals surface area contributed by atoms with E-state index < -0.39 is 17.6 Å². The lowest BCUT2D eigenvalue weighted by Crippen LogP contribution is -2.19. The van der Waals surface area contributed by atoms with Gasteiger partial charge in [0.05, 0.1) is 7.11 Å². The molecule has 1 heterocycles. The maximum atomic E-state index is 12.4. The van der Waals surface area contributed by atoms with E-state index in [9.17, 15) is 14.4 Å². The Hall–Kier alpha value is -3.12. The van der Waals surface area contributed by atoms with E-state index in [4.69, 9.17) is 20.8 Å². The number of methoxy groups -OCH3 is 1. The minimum atomic E-state index is -0.937. The fourth-order valence-electron chi connectivity index (χ4n) is 2.39. The summed E-state index contributed by atoms with van der Waals surface area (Å²) in [7, 11) is 1.22. The highest BCUT2D eigenvalue weighted by Crippen LogP contribution is 2.21. The van der Waals surface area contributed by atoms with E-state index in [2.05, 4.69) is 4.74 Å². The average molecular weight is 373 g/mol. The van der Waals surface area contributed by atoms with Crippen LogP contribution in [0.3, 0.4) is 0 Å². The van der Waals surface area contributed by atoms with Crippen molar-refractivity contribution in [2.45, 2.75) is 5.88 Å². The first kappa shape index (κ1) is 17.7. The summed E-state index contributed by atoms with van der Waals surface area (Å²) in [6.45, 7) is 0. The Kier molecular flexibility index (Phi) is 5.04. The molecule has 0 spiro atoms. The topological polar surface area (TPSA) is 82.8 Å². The zero-order valence-electron chi connectivity index (χ0n) is 13.7. The molecule has 0 aliphatic heterocycles. The van der Waals surface area contributed by atoms with Gasteiger partial charge in [-0.05, 0) is 35.9 Å². The van der Waals surface area contributed by atoms with Crippen LogP contribution in [0.5, 0.6) is 5.75 Å². The summed E-state index contributed by atoms with van der Waals surface area (Å²) in [6, 6.07) is 12.5. The molecule has 0 atom stereocenters. The molecule has 132 valence electrons. The molecule has 3 rings (SSSR count). The second-order valence-electron chi connectivity index (χ2n) is 5.33. The lowest BCUT2D eigenvalue weighted by Gasteiger charge is -2.08. The normalized spacial score (nSPS) is 10.5. The second-order valence-corrected chi connectivity index (χ2v) is 5.60. The van der Waals surface area contributed by atoms with Gasteiger partial charge < -0.3 is 13.9 Å². The summed E-state index contributed by atoms with van der Waals surface area (Å²) >= 11 is 5.80. The molecule has 0 unspecified atom stereocenters. The zero-order valence-corrected chi connectivity index (χ0v) is 14.4. The molecule has 0 fully saturated rings. The number of fused-ring (bicyclic) bond motifs is 1. The van der Waals surface area contributed by atoms with E-state index in [-0.39, 0.29) is 22.8 Å². The minimum Gasteiger partial charge on any atom is -0.465 e. The average Bonchev–Trinajstić information content (AvgIpc) is 2.66. The monoisotopic (exact) mass is 372 g/mol. The molecule has 0 saturated carbocycles. The van der Waals surface area contributed by atoms with Gasteiger partial charge in [-0.15, -0.1) is 11.6 Å². The molecular weight excluding hydrogens is 360 g/mol. The van der Waals surface area contributed by atoms with Gasteiger partial charge in [-0.3, -0.25) is 0 Å². The van der Waals surface area contributed by atoms with Crippen molar-refractivity contribution in [2.75, 3.05) is 7.11 Å². The molecule has 0 amide bonds. The van der Waals surface area contributed by atoms with Crippen molar-refractivity contribution < 1.29 is 23.5 Å². The molecular formula is C19H13ClO6. The van der Waals surface area contributed by atoms with E-state index in [0.29, 0.717) is 11.0 Å². The number of esters is 2. The van der Waals surface area contributed by atoms with Crippen molar-refractivity contribution in [3.63, 3.8) is 0 Å². The van der Waals surface area contributed by atoms with Crippen LogP contribution < -0.4 is 10.4 Å². The lowest BCUT2D eigenvalue weighted by atomic mass is 10.1. The maximum absolute atomic E-state index is 12.4. The largest absolute Gasteiger partial charge is 0.465 e. The minimum absolute atomic E-state index is 0.0154. The molecule has 0 saturated heterocycles. The number of benzene rings is 2. The predicted molar refractivity (Wildman–Crippen MR) is 94.8 cm³/mol. The Labute approximate surface area is 152 Å². The maximum Gasteiger partial charge on any atom is 0.351 e. The molecule has 7 heteroatoms. The quantitative estimate of drug-likeness (QED) is 0.301. The smallest absolute Gasteiger partial charge is 0.351 e. The summed E-state index contributed by atoms with van der Waals surface area (Å²) in [5.41, 5.74) is 0.0808. The number of hydrogen-bond donors (Lipinski definition) is 0. The van der Waals surface area contributed by atoms with Crippen molar-refractivity contribution >= 4 is 34.5 Å². The van der Waals surface area contributed by atoms with Crippen molar-refractivity contribution in [2.24, 2.45) is 0 Å². The highest BCUT2D eigenvalue weighted by molar-refractivity contribution is 6.17. The third-order valence-corrected chi connectivity index (χ3v) is 3.97. The van der Waals surface area contributed by atoms with Gasteiger partial charge in [0, 0.05) is 11.3 Å². The van der Waals surface area contributed by atoms with Crippen LogP contribution in [0.25, 0.3) is 11.0 Å². The van der Waals surface area contributed by atoms with Crippen LogP contribution in [-0.2, 0) is 10.6 Å². The highest BCUT2D eigenvalue weighted by atomic mass is 35.5. The predicted octanol–water partition coefficient (Wildman–Crippen LogP) is 3.54. The number of para-hydroxylation sites is 1. The number of hydrogen-bond acceptors (Lipinski definition) is 6. The number of rotatable bonds is 4. The van der Waals surface area contributed by atoms with Gasteiger partial charge in [0.25, 0.3) is 0 Å². The first-order valence-electron chi connectivity index (χ1n) is 7.55. The summed E-state index contributed by atoms with van der Waals surface area (Å²) in [4.78, 5) is 36.3. The molecule has 0 radical (unpaired) electrons. The van der Waals surface area contributed by atoms with Gasteiger partial charge in [-0.25, -0.2) is 14.4 Å². The molecule has 0 aliphatic rings. The van der Waals surface area contributed by atoms with E-state index in [0.717, 1.165) is 5.56 Å². The van der Waals surface area contributed by atoms with Crippen LogP contribution in [0.1, 0.15) is 26.3 Å². The van der Waals surface area contributed by atoms with Crippen LogP contribution in [0, 0.1) is 0 Å². The Morgan fingerprint density at radius 1 is 1.04 bits per heavy atom. The van der Waals surface area contributed by atoms with E-state index in [1.807, 2.05) is 0 Å². The third-order valence-electron chi connectivity index (χ3n) is 3.67. The molecule has 6 nitrogen and oxygen atoms in total. The Bertz CT molecular complexity index is 1050. The lowest BCUT2D eigenvalue weighted by molar-refractivity contribution is 0.0593. The summed E-state index contributed by atoms with van der Waals surface area (Å²) in [5.74, 6) is -1.33. The SMILES string of the molecule is COC(=O)c1ccccc1OC(=O)c1cc2cc(CCl)ccc2oc1=O. The fraction of sp³-hybridized carbons (Fsp3) is 0.105. The van der Waals surface area contributed by atoms with Crippen molar-refractivity contribution in [1.29, 1.82) is 0 Å². The van der Waals surface area contributed by atoms with E-state index >= 15 is 0 Å². The van der Waals surface area contributed by atoms with Crippen LogP contribution in [0.15, 0.2) is 57.7 Å². The number of carbonyl (C=O) groups is 2. The summed E-state index contributed by atoms with van der Waals surface area (Å²) in [5, 5.41) is 0.538. The summed E-state index contributed by atoms with van der Waals surface area (Å²) < 4.78 is 15.0. The van der Waals surface area contributed by atoms with Crippen LogP contribution >= 0.6 is 11.6 Å². The molecule has 0 bridgehead atoms. The first-order valence-corrected chi connectivity index (χ1v) is 8.09. The van der Waals surface area contributed by atoms with Gasteiger partial charge in [0.15, 0.2) is 0 Å². The Morgan fingerprint density at radius 2 is 1.81 bits per heavy atom. The Morgan fingerprint density at radius 3 is 2.54 bits per heavy atom. The second kappa shape index (κ2) is 7.41. The van der Waals surface area contributed by atoms with Crippen molar-refractivity contribution in [3.05, 3.63) is 75.6 Å². The standard InChI is InChI=1S/C19H13ClO6/c1-24-17(21)13-4-2-3-5-16(13)26-19(23)14-9-12-8-11(10-20)6-7-15(12)25-18(14)22/h2-9H,10H2,1H3. The third kappa shape index (κ3) is 3.45. The van der Waals surface area contributed by atoms with Crippen LogP contribution in [0.4, 0.5) is 0 Å². The number of halogens is 1. The van der Waals surface area contributed by atoms with Gasteiger partial charge in [-0.1, -0.05) is 18.2 Å². The van der Waals surface area contributed by atoms with Crippen molar-refractivity contribution in [3.8, 4) is 5.75 Å². The zero-order chi connectivity index (χ0) is 18.7. The molecule has 26 heavy (non-hydrogen) atoms. The van der Waals surface area contributed by atoms with Gasteiger partial charge in [0.1, 0.15) is 22.5 Å². The summed E-state index contributed by atoms with van der Waals surface area (Å²) in [6.07, 6.45) is 0. The fourth-order valence-corrected chi connectivity index (χ4v) is 2.55. The number of alkyl halides is 1. The van der Waals surface area contributed by atoms with Crippen molar-refractivity contribution in [1.82, 2.24) is 0 Å². The van der Waals surface area contributed by atoms with Crippen LogP contribution in [-0.4, -0.2) is 19.0 Å². The molecule has 0 aliphatic carbocycles. The molecule has 1 aromatic heterocycles. The number of ether oxygens (including phenoxy) is 2.